The van der Waals surface area contributed by atoms with Crippen molar-refractivity contribution in [3.05, 3.63) is 80.8 Å². The molecule has 2 rings (SSSR count). The fourth-order valence-electron chi connectivity index (χ4n) is 1.96. The van der Waals surface area contributed by atoms with Crippen molar-refractivity contribution in [2.45, 2.75) is 13.3 Å². The van der Waals surface area contributed by atoms with E-state index in [0.717, 1.165) is 21.2 Å². The van der Waals surface area contributed by atoms with Gasteiger partial charge in [-0.2, -0.15) is 0 Å². The molecule has 0 amide bonds. The monoisotopic (exact) mass is 374 g/mol. The molecule has 0 aliphatic rings. The summed E-state index contributed by atoms with van der Waals surface area (Å²) in [7, 11) is 0. The SMILES string of the molecule is CC/C(=C\c1ccc(Cl)cc1)C(=O)/C=C/c1ccc(Br)cc1. The molecule has 0 N–H and O–H groups in total. The van der Waals surface area contributed by atoms with Gasteiger partial charge in [0.2, 0.25) is 0 Å². The highest BCUT2D eigenvalue weighted by molar-refractivity contribution is 9.10. The Morgan fingerprint density at radius 1 is 1.05 bits per heavy atom. The number of halogens is 2. The fourth-order valence-corrected chi connectivity index (χ4v) is 2.35. The first-order valence-corrected chi connectivity index (χ1v) is 8.19. The normalized spacial score (nSPS) is 11.9. The third kappa shape index (κ3) is 4.97. The molecular weight excluding hydrogens is 360 g/mol. The Labute approximate surface area is 144 Å². The number of rotatable bonds is 5. The van der Waals surface area contributed by atoms with E-state index in [9.17, 15) is 4.79 Å². The van der Waals surface area contributed by atoms with Gasteiger partial charge in [-0.3, -0.25) is 4.79 Å². The van der Waals surface area contributed by atoms with E-state index in [0.29, 0.717) is 11.4 Å². The maximum absolute atomic E-state index is 12.3. The number of carbonyl (C=O) groups is 1. The topological polar surface area (TPSA) is 17.1 Å². The average Bonchev–Trinajstić information content (AvgIpc) is 2.53. The Morgan fingerprint density at radius 2 is 1.64 bits per heavy atom. The molecule has 0 aliphatic carbocycles. The van der Waals surface area contributed by atoms with Gasteiger partial charge in [0.1, 0.15) is 0 Å². The number of hydrogen-bond acceptors (Lipinski definition) is 1. The maximum atomic E-state index is 12.3. The molecule has 2 aromatic rings. The highest BCUT2D eigenvalue weighted by Crippen LogP contribution is 2.16. The molecular formula is C19H16BrClO. The van der Waals surface area contributed by atoms with Crippen LogP contribution in [0, 0.1) is 0 Å². The van der Waals surface area contributed by atoms with Gasteiger partial charge in [0, 0.05) is 9.50 Å². The summed E-state index contributed by atoms with van der Waals surface area (Å²) in [6.07, 6.45) is 6.05. The molecule has 0 radical (unpaired) electrons. The number of hydrogen-bond donors (Lipinski definition) is 0. The van der Waals surface area contributed by atoms with Gasteiger partial charge >= 0.3 is 0 Å². The van der Waals surface area contributed by atoms with Crippen molar-refractivity contribution in [3.63, 3.8) is 0 Å². The summed E-state index contributed by atoms with van der Waals surface area (Å²) in [6.45, 7) is 1.98. The third-order valence-electron chi connectivity index (χ3n) is 3.21. The van der Waals surface area contributed by atoms with Gasteiger partial charge in [-0.1, -0.05) is 64.8 Å². The highest BCUT2D eigenvalue weighted by Gasteiger charge is 2.04. The van der Waals surface area contributed by atoms with Gasteiger partial charge in [0.15, 0.2) is 5.78 Å². The van der Waals surface area contributed by atoms with Crippen LogP contribution in [0.3, 0.4) is 0 Å². The van der Waals surface area contributed by atoms with E-state index in [2.05, 4.69) is 15.9 Å². The van der Waals surface area contributed by atoms with E-state index in [1.807, 2.05) is 67.6 Å². The molecule has 0 atom stereocenters. The van der Waals surface area contributed by atoms with Crippen molar-refractivity contribution in [2.75, 3.05) is 0 Å². The van der Waals surface area contributed by atoms with Gasteiger partial charge < -0.3 is 0 Å². The van der Waals surface area contributed by atoms with Crippen LogP contribution in [0.4, 0.5) is 0 Å². The van der Waals surface area contributed by atoms with Gasteiger partial charge in [-0.05, 0) is 59.5 Å². The Hall–Kier alpha value is -1.64. The van der Waals surface area contributed by atoms with Crippen LogP contribution in [-0.4, -0.2) is 5.78 Å². The van der Waals surface area contributed by atoms with Gasteiger partial charge in [-0.25, -0.2) is 0 Å². The quantitative estimate of drug-likeness (QED) is 0.570. The summed E-state index contributed by atoms with van der Waals surface area (Å²) < 4.78 is 1.02. The second-order valence-corrected chi connectivity index (χ2v) is 6.18. The molecule has 22 heavy (non-hydrogen) atoms. The predicted octanol–water partition coefficient (Wildman–Crippen LogP) is 6.18. The van der Waals surface area contributed by atoms with E-state index in [4.69, 9.17) is 11.6 Å². The summed E-state index contributed by atoms with van der Waals surface area (Å²) in [5, 5.41) is 0.691. The molecule has 0 bridgehead atoms. The van der Waals surface area contributed by atoms with Gasteiger partial charge in [0.05, 0.1) is 0 Å². The van der Waals surface area contributed by atoms with Crippen LogP contribution in [0.25, 0.3) is 12.2 Å². The molecule has 0 heterocycles. The van der Waals surface area contributed by atoms with Crippen molar-refractivity contribution >= 4 is 45.5 Å². The zero-order valence-corrected chi connectivity index (χ0v) is 14.6. The van der Waals surface area contributed by atoms with Crippen LogP contribution in [0.2, 0.25) is 5.02 Å². The smallest absolute Gasteiger partial charge is 0.181 e. The lowest BCUT2D eigenvalue weighted by molar-refractivity contribution is -0.111. The minimum atomic E-state index is 0.0281. The van der Waals surface area contributed by atoms with Crippen molar-refractivity contribution in [3.8, 4) is 0 Å². The zero-order valence-electron chi connectivity index (χ0n) is 12.2. The molecule has 0 spiro atoms. The fraction of sp³-hybridized carbons (Fsp3) is 0.105. The zero-order chi connectivity index (χ0) is 15.9. The molecule has 3 heteroatoms. The van der Waals surface area contributed by atoms with E-state index in [1.54, 1.807) is 6.08 Å². The van der Waals surface area contributed by atoms with Crippen molar-refractivity contribution in [1.29, 1.82) is 0 Å². The number of carbonyl (C=O) groups excluding carboxylic acids is 1. The first kappa shape index (κ1) is 16.7. The second kappa shape index (κ2) is 8.11. The molecule has 0 saturated heterocycles. The molecule has 0 aromatic heterocycles. The molecule has 0 unspecified atom stereocenters. The van der Waals surface area contributed by atoms with Crippen LogP contribution in [-0.2, 0) is 4.79 Å². The lowest BCUT2D eigenvalue weighted by Gasteiger charge is -2.01. The maximum Gasteiger partial charge on any atom is 0.181 e. The van der Waals surface area contributed by atoms with Crippen molar-refractivity contribution in [2.24, 2.45) is 0 Å². The van der Waals surface area contributed by atoms with Gasteiger partial charge in [-0.15, -0.1) is 0 Å². The molecule has 0 saturated carbocycles. The minimum absolute atomic E-state index is 0.0281. The Bertz CT molecular complexity index is 697. The number of ketones is 1. The summed E-state index contributed by atoms with van der Waals surface area (Å²) in [5.74, 6) is 0.0281. The number of allylic oxidation sites excluding steroid dienone is 2. The van der Waals surface area contributed by atoms with Crippen LogP contribution in [0.5, 0.6) is 0 Å². The van der Waals surface area contributed by atoms with Crippen LogP contribution in [0.1, 0.15) is 24.5 Å². The first-order chi connectivity index (χ1) is 10.6. The summed E-state index contributed by atoms with van der Waals surface area (Å²) in [4.78, 5) is 12.3. The summed E-state index contributed by atoms with van der Waals surface area (Å²) in [5.41, 5.74) is 2.75. The van der Waals surface area contributed by atoms with E-state index in [1.165, 1.54) is 0 Å². The van der Waals surface area contributed by atoms with E-state index in [-0.39, 0.29) is 5.78 Å². The number of benzene rings is 2. The lowest BCUT2D eigenvalue weighted by atomic mass is 10.0. The van der Waals surface area contributed by atoms with Crippen LogP contribution >= 0.6 is 27.5 Å². The first-order valence-electron chi connectivity index (χ1n) is 7.02. The predicted molar refractivity (Wildman–Crippen MR) is 97.9 cm³/mol. The summed E-state index contributed by atoms with van der Waals surface area (Å²) in [6, 6.07) is 15.3. The molecule has 1 nitrogen and oxygen atoms in total. The summed E-state index contributed by atoms with van der Waals surface area (Å²) >= 11 is 9.26. The molecule has 112 valence electrons. The van der Waals surface area contributed by atoms with Crippen molar-refractivity contribution < 1.29 is 4.79 Å². The van der Waals surface area contributed by atoms with Crippen molar-refractivity contribution in [1.82, 2.24) is 0 Å². The highest BCUT2D eigenvalue weighted by atomic mass is 79.9. The molecule has 0 fully saturated rings. The Kier molecular flexibility index (Phi) is 6.17. The molecule has 0 aliphatic heterocycles. The van der Waals surface area contributed by atoms with Gasteiger partial charge in [0.25, 0.3) is 0 Å². The minimum Gasteiger partial charge on any atom is -0.290 e. The average molecular weight is 376 g/mol. The van der Waals surface area contributed by atoms with Crippen LogP contribution in [0.15, 0.2) is 64.7 Å². The Morgan fingerprint density at radius 3 is 2.23 bits per heavy atom. The Balaban J connectivity index is 2.14. The van der Waals surface area contributed by atoms with E-state index >= 15 is 0 Å². The molecule has 2 aromatic carbocycles. The second-order valence-electron chi connectivity index (χ2n) is 4.82. The standard InChI is InChI=1S/C19H16BrClO/c1-2-16(13-15-5-10-18(21)11-6-15)19(22)12-7-14-3-8-17(20)9-4-14/h3-13H,2H2,1H3/b12-7+,16-13+. The third-order valence-corrected chi connectivity index (χ3v) is 3.99. The van der Waals surface area contributed by atoms with Crippen LogP contribution < -0.4 is 0 Å². The van der Waals surface area contributed by atoms with E-state index < -0.39 is 0 Å². The largest absolute Gasteiger partial charge is 0.290 e. The lowest BCUT2D eigenvalue weighted by Crippen LogP contribution is -1.97.